The van der Waals surface area contributed by atoms with Gasteiger partial charge in [-0.25, -0.2) is 9.59 Å². The van der Waals surface area contributed by atoms with Crippen molar-refractivity contribution < 1.29 is 24.2 Å². The number of hydrogen-bond acceptors (Lipinski definition) is 4. The maximum atomic E-state index is 11.9. The molecule has 0 bridgehead atoms. The van der Waals surface area contributed by atoms with Crippen LogP contribution >= 0.6 is 0 Å². The Morgan fingerprint density at radius 2 is 1.67 bits per heavy atom. The van der Waals surface area contributed by atoms with E-state index in [9.17, 15) is 14.7 Å². The van der Waals surface area contributed by atoms with Gasteiger partial charge in [-0.3, -0.25) is 0 Å². The molecule has 0 atom stereocenters. The fourth-order valence-electron chi connectivity index (χ4n) is 2.21. The molecule has 0 radical (unpaired) electrons. The lowest BCUT2D eigenvalue weighted by Crippen LogP contribution is -2.27. The zero-order valence-corrected chi connectivity index (χ0v) is 13.9. The van der Waals surface area contributed by atoms with Gasteiger partial charge >= 0.3 is 11.9 Å². The number of hydrogen-bond donors (Lipinski definition) is 1. The molecule has 0 unspecified atom stereocenters. The first kappa shape index (κ1) is 17.5. The molecule has 0 saturated heterocycles. The Morgan fingerprint density at radius 3 is 2.25 bits per heavy atom. The summed E-state index contributed by atoms with van der Waals surface area (Å²) in [5.41, 5.74) is 0.786. The molecule has 0 spiro atoms. The zero-order chi connectivity index (χ0) is 17.7. The molecular formula is C19H20O5. The van der Waals surface area contributed by atoms with Crippen LogP contribution < -0.4 is 4.74 Å². The van der Waals surface area contributed by atoms with Crippen LogP contribution in [0, 0.1) is 0 Å². The molecule has 2 aromatic carbocycles. The Labute approximate surface area is 140 Å². The monoisotopic (exact) mass is 328 g/mol. The summed E-state index contributed by atoms with van der Waals surface area (Å²) in [4.78, 5) is 23.3. The molecule has 5 nitrogen and oxygen atoms in total. The van der Waals surface area contributed by atoms with Crippen molar-refractivity contribution in [3.8, 4) is 16.9 Å². The minimum absolute atomic E-state index is 0.0000817. The van der Waals surface area contributed by atoms with Gasteiger partial charge in [-0.2, -0.15) is 0 Å². The molecule has 126 valence electrons. The summed E-state index contributed by atoms with van der Waals surface area (Å²) in [6.07, 6.45) is 0. The highest BCUT2D eigenvalue weighted by Crippen LogP contribution is 2.33. The molecule has 2 aromatic rings. The molecule has 0 fully saturated rings. The van der Waals surface area contributed by atoms with Crippen molar-refractivity contribution in [2.45, 2.75) is 26.4 Å². The number of para-hydroxylation sites is 1. The van der Waals surface area contributed by atoms with Crippen LogP contribution in [0.15, 0.2) is 48.5 Å². The fourth-order valence-corrected chi connectivity index (χ4v) is 2.21. The van der Waals surface area contributed by atoms with E-state index in [1.807, 2.05) is 30.3 Å². The lowest BCUT2D eigenvalue weighted by molar-refractivity contribution is -0.157. The standard InChI is InChI=1S/C19H20O5/c1-19(2,3)24-16(20)12-23-17-14(13-8-5-4-6-9-13)10-7-11-15(17)18(21)22/h4-11H,12H2,1-3H3,(H,21,22). The van der Waals surface area contributed by atoms with E-state index in [0.717, 1.165) is 5.56 Å². The Kier molecular flexibility index (Phi) is 5.24. The summed E-state index contributed by atoms with van der Waals surface area (Å²) in [5.74, 6) is -1.52. The van der Waals surface area contributed by atoms with Crippen LogP contribution in [0.5, 0.6) is 5.75 Å². The second-order valence-electron chi connectivity index (χ2n) is 6.23. The van der Waals surface area contributed by atoms with Crippen LogP contribution in [0.2, 0.25) is 0 Å². The molecule has 0 aliphatic rings. The molecule has 0 heterocycles. The van der Waals surface area contributed by atoms with Crippen LogP contribution in [-0.2, 0) is 9.53 Å². The Bertz CT molecular complexity index is 729. The maximum Gasteiger partial charge on any atom is 0.344 e. The second kappa shape index (κ2) is 7.17. The van der Waals surface area contributed by atoms with E-state index in [2.05, 4.69) is 0 Å². The normalized spacial score (nSPS) is 11.0. The minimum atomic E-state index is -1.12. The smallest absolute Gasteiger partial charge is 0.344 e. The van der Waals surface area contributed by atoms with Crippen molar-refractivity contribution in [3.63, 3.8) is 0 Å². The number of carboxylic acid groups (broad SMARTS) is 1. The highest BCUT2D eigenvalue weighted by molar-refractivity contribution is 5.94. The van der Waals surface area contributed by atoms with Crippen molar-refractivity contribution in [2.24, 2.45) is 0 Å². The number of carbonyl (C=O) groups excluding carboxylic acids is 1. The largest absolute Gasteiger partial charge is 0.480 e. The Balaban J connectivity index is 2.33. The van der Waals surface area contributed by atoms with Gasteiger partial charge in [-0.05, 0) is 32.4 Å². The summed E-state index contributed by atoms with van der Waals surface area (Å²) >= 11 is 0. The topological polar surface area (TPSA) is 72.8 Å². The average Bonchev–Trinajstić information content (AvgIpc) is 2.51. The molecule has 5 heteroatoms. The van der Waals surface area contributed by atoms with Gasteiger partial charge < -0.3 is 14.6 Å². The molecule has 0 saturated carbocycles. The third-order valence-corrected chi connectivity index (χ3v) is 3.08. The van der Waals surface area contributed by atoms with Gasteiger partial charge in [-0.1, -0.05) is 42.5 Å². The van der Waals surface area contributed by atoms with Crippen LogP contribution in [0.4, 0.5) is 0 Å². The predicted octanol–water partition coefficient (Wildman–Crippen LogP) is 3.77. The van der Waals surface area contributed by atoms with E-state index < -0.39 is 17.5 Å². The number of benzene rings is 2. The van der Waals surface area contributed by atoms with Crippen molar-refractivity contribution >= 4 is 11.9 Å². The van der Waals surface area contributed by atoms with E-state index in [1.54, 1.807) is 32.9 Å². The predicted molar refractivity (Wildman–Crippen MR) is 90.2 cm³/mol. The summed E-state index contributed by atoms with van der Waals surface area (Å²) in [6.45, 7) is 4.91. The van der Waals surface area contributed by atoms with Crippen LogP contribution in [0.1, 0.15) is 31.1 Å². The number of carbonyl (C=O) groups is 2. The van der Waals surface area contributed by atoms with Gasteiger partial charge in [0.05, 0.1) is 0 Å². The molecule has 0 aliphatic heterocycles. The van der Waals surface area contributed by atoms with Gasteiger partial charge in [0.1, 0.15) is 16.9 Å². The maximum absolute atomic E-state index is 11.9. The van der Waals surface area contributed by atoms with E-state index >= 15 is 0 Å². The SMILES string of the molecule is CC(C)(C)OC(=O)COc1c(C(=O)O)cccc1-c1ccccc1. The zero-order valence-electron chi connectivity index (χ0n) is 13.9. The van der Waals surface area contributed by atoms with E-state index in [-0.39, 0.29) is 17.9 Å². The Hall–Kier alpha value is -2.82. The molecule has 2 rings (SSSR count). The first-order valence-corrected chi connectivity index (χ1v) is 7.54. The summed E-state index contributed by atoms with van der Waals surface area (Å²) < 4.78 is 10.7. The number of aromatic carboxylic acids is 1. The van der Waals surface area contributed by atoms with Gasteiger partial charge in [-0.15, -0.1) is 0 Å². The first-order valence-electron chi connectivity index (χ1n) is 7.54. The van der Waals surface area contributed by atoms with Crippen molar-refractivity contribution in [2.75, 3.05) is 6.61 Å². The third kappa shape index (κ3) is 4.59. The lowest BCUT2D eigenvalue weighted by atomic mass is 10.0. The highest BCUT2D eigenvalue weighted by atomic mass is 16.6. The van der Waals surface area contributed by atoms with Gasteiger partial charge in [0.15, 0.2) is 6.61 Å². The number of ether oxygens (including phenoxy) is 2. The number of carboxylic acids is 1. The van der Waals surface area contributed by atoms with Gasteiger partial charge in [0.2, 0.25) is 0 Å². The molecule has 0 aromatic heterocycles. The number of esters is 1. The first-order chi connectivity index (χ1) is 11.3. The highest BCUT2D eigenvalue weighted by Gasteiger charge is 2.20. The van der Waals surface area contributed by atoms with Crippen LogP contribution in [0.3, 0.4) is 0 Å². The second-order valence-corrected chi connectivity index (χ2v) is 6.23. The quantitative estimate of drug-likeness (QED) is 0.846. The summed E-state index contributed by atoms with van der Waals surface area (Å²) in [7, 11) is 0. The molecule has 0 amide bonds. The third-order valence-electron chi connectivity index (χ3n) is 3.08. The minimum Gasteiger partial charge on any atom is -0.480 e. The van der Waals surface area contributed by atoms with Crippen molar-refractivity contribution in [1.82, 2.24) is 0 Å². The lowest BCUT2D eigenvalue weighted by Gasteiger charge is -2.20. The molecule has 1 N–H and O–H groups in total. The summed E-state index contributed by atoms with van der Waals surface area (Å²) in [6, 6.07) is 14.1. The van der Waals surface area contributed by atoms with Crippen molar-refractivity contribution in [1.29, 1.82) is 0 Å². The average molecular weight is 328 g/mol. The van der Waals surface area contributed by atoms with E-state index in [4.69, 9.17) is 9.47 Å². The fraction of sp³-hybridized carbons (Fsp3) is 0.263. The molecule has 0 aliphatic carbocycles. The molecular weight excluding hydrogens is 308 g/mol. The Morgan fingerprint density at radius 1 is 1.00 bits per heavy atom. The van der Waals surface area contributed by atoms with Crippen molar-refractivity contribution in [3.05, 3.63) is 54.1 Å². The number of rotatable bonds is 5. The van der Waals surface area contributed by atoms with Gasteiger partial charge in [0.25, 0.3) is 0 Å². The van der Waals surface area contributed by atoms with E-state index in [1.165, 1.54) is 6.07 Å². The molecule has 24 heavy (non-hydrogen) atoms. The summed E-state index contributed by atoms with van der Waals surface area (Å²) in [5, 5.41) is 9.39. The van der Waals surface area contributed by atoms with Crippen LogP contribution in [0.25, 0.3) is 11.1 Å². The van der Waals surface area contributed by atoms with Crippen LogP contribution in [-0.4, -0.2) is 29.3 Å². The van der Waals surface area contributed by atoms with Gasteiger partial charge in [0, 0.05) is 5.56 Å². The van der Waals surface area contributed by atoms with E-state index in [0.29, 0.717) is 5.56 Å².